The monoisotopic (exact) mass is 228 g/mol. The number of amides is 1. The zero-order chi connectivity index (χ0) is 11.5. The van der Waals surface area contributed by atoms with Crippen molar-refractivity contribution in [3.05, 3.63) is 11.1 Å². The predicted molar refractivity (Wildman–Crippen MR) is 61.3 cm³/mol. The van der Waals surface area contributed by atoms with Gasteiger partial charge < -0.3 is 4.74 Å². The summed E-state index contributed by atoms with van der Waals surface area (Å²) in [6, 6.07) is 0. The van der Waals surface area contributed by atoms with Gasteiger partial charge in [-0.3, -0.25) is 10.1 Å². The first-order valence-corrected chi connectivity index (χ1v) is 5.56. The molecule has 1 aromatic rings. The van der Waals surface area contributed by atoms with E-state index in [4.69, 9.17) is 4.74 Å². The van der Waals surface area contributed by atoms with Gasteiger partial charge in [0.1, 0.15) is 6.61 Å². The van der Waals surface area contributed by atoms with Crippen molar-refractivity contribution in [2.24, 2.45) is 0 Å². The van der Waals surface area contributed by atoms with E-state index in [-0.39, 0.29) is 17.9 Å². The number of carbonyl (C=O) groups excluding carboxylic acids is 1. The molecular weight excluding hydrogens is 212 g/mol. The van der Waals surface area contributed by atoms with Crippen molar-refractivity contribution in [3.63, 3.8) is 0 Å². The lowest BCUT2D eigenvalue weighted by molar-refractivity contribution is -0.119. The molecule has 0 saturated heterocycles. The van der Waals surface area contributed by atoms with Crippen molar-refractivity contribution in [1.82, 2.24) is 4.98 Å². The van der Waals surface area contributed by atoms with Crippen LogP contribution in [-0.4, -0.2) is 24.6 Å². The summed E-state index contributed by atoms with van der Waals surface area (Å²) in [5.74, 6) is -0.174. The van der Waals surface area contributed by atoms with Crippen LogP contribution in [0.2, 0.25) is 0 Å². The van der Waals surface area contributed by atoms with E-state index in [2.05, 4.69) is 31.1 Å². The molecular formula is C10H16N2O2S. The molecule has 0 saturated carbocycles. The molecule has 84 valence electrons. The summed E-state index contributed by atoms with van der Waals surface area (Å²) in [5, 5.41) is 5.27. The topological polar surface area (TPSA) is 51.2 Å². The highest BCUT2D eigenvalue weighted by Crippen LogP contribution is 2.26. The van der Waals surface area contributed by atoms with Gasteiger partial charge in [0.05, 0.1) is 5.69 Å². The predicted octanol–water partition coefficient (Wildman–Crippen LogP) is 2.03. The van der Waals surface area contributed by atoms with Crippen molar-refractivity contribution >= 4 is 22.4 Å². The van der Waals surface area contributed by atoms with Crippen LogP contribution in [0.15, 0.2) is 5.38 Å². The van der Waals surface area contributed by atoms with Gasteiger partial charge in [0.2, 0.25) is 0 Å². The molecule has 0 aliphatic rings. The number of hydrogen-bond donors (Lipinski definition) is 1. The molecule has 0 spiro atoms. The van der Waals surface area contributed by atoms with Gasteiger partial charge in [-0.15, -0.1) is 11.3 Å². The van der Waals surface area contributed by atoms with E-state index in [1.807, 2.05) is 5.38 Å². The van der Waals surface area contributed by atoms with Crippen molar-refractivity contribution in [2.45, 2.75) is 26.2 Å². The molecule has 1 heterocycles. The number of aromatic nitrogens is 1. The fraction of sp³-hybridized carbons (Fsp3) is 0.600. The summed E-state index contributed by atoms with van der Waals surface area (Å²) in [6.07, 6.45) is 0. The lowest BCUT2D eigenvalue weighted by atomic mass is 9.93. The molecule has 1 amide bonds. The van der Waals surface area contributed by atoms with Gasteiger partial charge in [-0.2, -0.15) is 0 Å². The van der Waals surface area contributed by atoms with Crippen LogP contribution < -0.4 is 5.32 Å². The minimum atomic E-state index is -0.174. The molecule has 0 atom stereocenters. The maximum Gasteiger partial charge on any atom is 0.252 e. The molecule has 1 aromatic heterocycles. The lowest BCUT2D eigenvalue weighted by Gasteiger charge is -2.14. The number of nitrogens with zero attached hydrogens (tertiary/aromatic N) is 1. The summed E-state index contributed by atoms with van der Waals surface area (Å²) in [7, 11) is 1.49. The molecule has 4 nitrogen and oxygen atoms in total. The van der Waals surface area contributed by atoms with E-state index < -0.39 is 0 Å². The number of hydrogen-bond acceptors (Lipinski definition) is 4. The number of carbonyl (C=O) groups is 1. The molecule has 0 radical (unpaired) electrons. The van der Waals surface area contributed by atoms with E-state index in [0.29, 0.717) is 5.13 Å². The van der Waals surface area contributed by atoms with Gasteiger partial charge in [0.25, 0.3) is 5.91 Å². The van der Waals surface area contributed by atoms with E-state index in [1.165, 1.54) is 18.4 Å². The van der Waals surface area contributed by atoms with Crippen LogP contribution in [0, 0.1) is 0 Å². The fourth-order valence-corrected chi connectivity index (χ4v) is 1.92. The molecule has 0 fully saturated rings. The average molecular weight is 228 g/mol. The molecule has 0 aliphatic carbocycles. The van der Waals surface area contributed by atoms with E-state index in [0.717, 1.165) is 5.69 Å². The number of anilines is 1. The molecule has 15 heavy (non-hydrogen) atoms. The first-order chi connectivity index (χ1) is 6.93. The first kappa shape index (κ1) is 12.1. The molecule has 0 bridgehead atoms. The van der Waals surface area contributed by atoms with Crippen molar-refractivity contribution < 1.29 is 9.53 Å². The maximum absolute atomic E-state index is 11.2. The Morgan fingerprint density at radius 2 is 2.27 bits per heavy atom. The first-order valence-electron chi connectivity index (χ1n) is 4.68. The number of methoxy groups -OCH3 is 1. The number of rotatable bonds is 3. The molecule has 0 unspecified atom stereocenters. The Balaban J connectivity index is 2.65. The Hall–Kier alpha value is -0.940. The largest absolute Gasteiger partial charge is 0.375 e. The van der Waals surface area contributed by atoms with Crippen LogP contribution in [0.5, 0.6) is 0 Å². The van der Waals surface area contributed by atoms with Gasteiger partial charge in [-0.05, 0) is 0 Å². The molecule has 1 rings (SSSR count). The summed E-state index contributed by atoms with van der Waals surface area (Å²) in [5.41, 5.74) is 1.00. The summed E-state index contributed by atoms with van der Waals surface area (Å²) >= 11 is 1.43. The van der Waals surface area contributed by atoms with E-state index in [9.17, 15) is 4.79 Å². The van der Waals surface area contributed by atoms with Crippen LogP contribution in [-0.2, 0) is 14.9 Å². The second-order valence-corrected chi connectivity index (χ2v) is 5.13. The highest BCUT2D eigenvalue weighted by molar-refractivity contribution is 7.13. The van der Waals surface area contributed by atoms with Crippen LogP contribution in [0.25, 0.3) is 0 Å². The SMILES string of the molecule is COCC(=O)Nc1nc(C(C)(C)C)cs1. The Kier molecular flexibility index (Phi) is 3.82. The zero-order valence-electron chi connectivity index (χ0n) is 9.46. The van der Waals surface area contributed by atoms with Gasteiger partial charge in [0, 0.05) is 17.9 Å². The second-order valence-electron chi connectivity index (χ2n) is 4.27. The molecule has 0 aromatic carbocycles. The normalized spacial score (nSPS) is 11.5. The Bertz CT molecular complexity index is 341. The smallest absolute Gasteiger partial charge is 0.252 e. The van der Waals surface area contributed by atoms with Gasteiger partial charge in [0.15, 0.2) is 5.13 Å². The van der Waals surface area contributed by atoms with Gasteiger partial charge in [-0.1, -0.05) is 20.8 Å². The third-order valence-corrected chi connectivity index (χ3v) is 2.55. The van der Waals surface area contributed by atoms with Crippen molar-refractivity contribution in [1.29, 1.82) is 0 Å². The van der Waals surface area contributed by atoms with Crippen molar-refractivity contribution in [3.8, 4) is 0 Å². The minimum absolute atomic E-state index is 0.0146. The minimum Gasteiger partial charge on any atom is -0.375 e. The summed E-state index contributed by atoms with van der Waals surface area (Å²) in [4.78, 5) is 15.5. The number of nitrogens with one attached hydrogen (secondary N) is 1. The number of thiazole rings is 1. The van der Waals surface area contributed by atoms with Crippen LogP contribution in [0.3, 0.4) is 0 Å². The third kappa shape index (κ3) is 3.60. The fourth-order valence-electron chi connectivity index (χ4n) is 0.962. The summed E-state index contributed by atoms with van der Waals surface area (Å²) in [6.45, 7) is 6.32. The maximum atomic E-state index is 11.2. The molecule has 1 N–H and O–H groups in total. The van der Waals surface area contributed by atoms with E-state index >= 15 is 0 Å². The van der Waals surface area contributed by atoms with E-state index in [1.54, 1.807) is 0 Å². The third-order valence-electron chi connectivity index (χ3n) is 1.79. The standard InChI is InChI=1S/C10H16N2O2S/c1-10(2,3)7-6-15-9(11-7)12-8(13)5-14-4/h6H,5H2,1-4H3,(H,11,12,13). The molecule has 5 heteroatoms. The highest BCUT2D eigenvalue weighted by atomic mass is 32.1. The average Bonchev–Trinajstić information content (AvgIpc) is 2.52. The Morgan fingerprint density at radius 1 is 1.60 bits per heavy atom. The Labute approximate surface area is 93.7 Å². The van der Waals surface area contributed by atoms with Crippen LogP contribution >= 0.6 is 11.3 Å². The van der Waals surface area contributed by atoms with Crippen LogP contribution in [0.4, 0.5) is 5.13 Å². The van der Waals surface area contributed by atoms with Gasteiger partial charge >= 0.3 is 0 Å². The number of ether oxygens (including phenoxy) is 1. The second kappa shape index (κ2) is 4.72. The van der Waals surface area contributed by atoms with Crippen LogP contribution in [0.1, 0.15) is 26.5 Å². The van der Waals surface area contributed by atoms with Gasteiger partial charge in [-0.25, -0.2) is 4.98 Å². The van der Waals surface area contributed by atoms with Crippen molar-refractivity contribution in [2.75, 3.05) is 19.0 Å². The lowest BCUT2D eigenvalue weighted by Crippen LogP contribution is -2.17. The summed E-state index contributed by atoms with van der Waals surface area (Å²) < 4.78 is 4.71. The molecule has 0 aliphatic heterocycles. The Morgan fingerprint density at radius 3 is 2.73 bits per heavy atom. The zero-order valence-corrected chi connectivity index (χ0v) is 10.3. The highest BCUT2D eigenvalue weighted by Gasteiger charge is 2.17. The quantitative estimate of drug-likeness (QED) is 0.861.